The molecule has 1 atom stereocenters. The number of aryl methyl sites for hydroxylation is 3. The Morgan fingerprint density at radius 2 is 1.64 bits per heavy atom. The highest BCUT2D eigenvalue weighted by Gasteiger charge is 2.29. The van der Waals surface area contributed by atoms with Gasteiger partial charge in [-0.05, 0) is 38.8 Å². The average molecular weight is 329 g/mol. The van der Waals surface area contributed by atoms with Gasteiger partial charge in [-0.2, -0.15) is 0 Å². The van der Waals surface area contributed by atoms with Gasteiger partial charge in [0.25, 0.3) is 0 Å². The molecule has 0 saturated carbocycles. The van der Waals surface area contributed by atoms with Gasteiger partial charge in [0.15, 0.2) is 0 Å². The van der Waals surface area contributed by atoms with Crippen LogP contribution in [-0.4, -0.2) is 30.3 Å². The number of carbonyl (C=O) groups is 3. The number of hydrogen-bond donors (Lipinski definition) is 0. The van der Waals surface area contributed by atoms with Gasteiger partial charge in [0, 0.05) is 11.6 Å². The minimum Gasteiger partial charge on any atom is -0.460 e. The van der Waals surface area contributed by atoms with Crippen LogP contribution in [0.25, 0.3) is 0 Å². The van der Waals surface area contributed by atoms with Crippen LogP contribution in [-0.2, 0) is 19.0 Å². The molecule has 0 N–H and O–H groups in total. The molecule has 0 fully saturated rings. The van der Waals surface area contributed by atoms with E-state index in [1.165, 1.54) is 0 Å². The molecular weight excluding hydrogens is 312 g/mol. The fraction of sp³-hybridized carbons (Fsp3) is 0.400. The third-order valence-corrected chi connectivity index (χ3v) is 2.86. The minimum atomic E-state index is -1.84. The molecule has 1 aromatic rings. The molecular formula is C15H17ClO6. The molecule has 0 aliphatic rings. The predicted octanol–water partition coefficient (Wildman–Crippen LogP) is 3.03. The van der Waals surface area contributed by atoms with Crippen molar-refractivity contribution in [3.8, 4) is 0 Å². The third-order valence-electron chi connectivity index (χ3n) is 2.77. The van der Waals surface area contributed by atoms with Crippen LogP contribution < -0.4 is 0 Å². The van der Waals surface area contributed by atoms with Crippen molar-refractivity contribution in [2.24, 2.45) is 0 Å². The third kappa shape index (κ3) is 4.73. The van der Waals surface area contributed by atoms with Crippen LogP contribution in [0.1, 0.15) is 34.0 Å². The van der Waals surface area contributed by atoms with Crippen molar-refractivity contribution >= 4 is 29.0 Å². The lowest BCUT2D eigenvalue weighted by molar-refractivity contribution is -0.172. The second-order valence-electron chi connectivity index (χ2n) is 4.62. The average Bonchev–Trinajstić information content (AvgIpc) is 2.36. The van der Waals surface area contributed by atoms with E-state index in [2.05, 4.69) is 9.47 Å². The number of ether oxygens (including phenoxy) is 3. The molecule has 0 bridgehead atoms. The van der Waals surface area contributed by atoms with Crippen molar-refractivity contribution in [2.45, 2.75) is 34.0 Å². The molecule has 0 heterocycles. The van der Waals surface area contributed by atoms with Crippen LogP contribution >= 0.6 is 11.6 Å². The first-order valence-electron chi connectivity index (χ1n) is 6.57. The van der Waals surface area contributed by atoms with Crippen molar-refractivity contribution in [2.75, 3.05) is 6.61 Å². The first-order valence-corrected chi connectivity index (χ1v) is 6.95. The Kier molecular flexibility index (Phi) is 6.37. The summed E-state index contributed by atoms with van der Waals surface area (Å²) in [6.45, 7) is 6.97. The lowest BCUT2D eigenvalue weighted by Crippen LogP contribution is -2.33. The van der Waals surface area contributed by atoms with E-state index in [1.807, 2.05) is 6.92 Å². The largest absolute Gasteiger partial charge is 0.460 e. The Morgan fingerprint density at radius 1 is 1.09 bits per heavy atom. The maximum atomic E-state index is 12.2. The maximum absolute atomic E-state index is 12.2. The summed E-state index contributed by atoms with van der Waals surface area (Å²) in [6, 6.07) is 3.60. The van der Waals surface area contributed by atoms with Crippen molar-refractivity contribution in [1.29, 1.82) is 0 Å². The highest BCUT2D eigenvalue weighted by Crippen LogP contribution is 2.18. The molecule has 0 saturated heterocycles. The van der Waals surface area contributed by atoms with Gasteiger partial charge in [-0.25, -0.2) is 14.4 Å². The fourth-order valence-electron chi connectivity index (χ4n) is 2.07. The SMILES string of the molecule is CCOC(=O)C(OC(=O)Cl)OC(=O)c1c(C)cc(C)cc1C. The molecule has 1 unspecified atom stereocenters. The van der Waals surface area contributed by atoms with E-state index in [0.29, 0.717) is 16.7 Å². The lowest BCUT2D eigenvalue weighted by Gasteiger charge is -2.17. The zero-order valence-electron chi connectivity index (χ0n) is 12.8. The van der Waals surface area contributed by atoms with Gasteiger partial charge in [0.1, 0.15) is 0 Å². The van der Waals surface area contributed by atoms with Gasteiger partial charge in [0.2, 0.25) is 0 Å². The Hall–Kier alpha value is -2.08. The molecule has 1 aromatic carbocycles. The second kappa shape index (κ2) is 7.79. The van der Waals surface area contributed by atoms with Crippen LogP contribution in [0.4, 0.5) is 4.79 Å². The van der Waals surface area contributed by atoms with Gasteiger partial charge >= 0.3 is 23.7 Å². The molecule has 120 valence electrons. The standard InChI is InChI=1S/C15H17ClO6/c1-5-20-13(18)14(22-15(16)19)21-12(17)11-9(3)6-8(2)7-10(11)4/h6-7,14H,5H2,1-4H3. The lowest BCUT2D eigenvalue weighted by atomic mass is 10.00. The summed E-state index contributed by atoms with van der Waals surface area (Å²) in [4.78, 5) is 34.7. The summed E-state index contributed by atoms with van der Waals surface area (Å²) in [6.07, 6.45) is -1.84. The van der Waals surface area contributed by atoms with Gasteiger partial charge in [0.05, 0.1) is 12.2 Å². The minimum absolute atomic E-state index is 0.0370. The van der Waals surface area contributed by atoms with E-state index in [1.54, 1.807) is 32.9 Å². The topological polar surface area (TPSA) is 78.9 Å². The van der Waals surface area contributed by atoms with E-state index in [9.17, 15) is 14.4 Å². The van der Waals surface area contributed by atoms with Gasteiger partial charge < -0.3 is 14.2 Å². The number of hydrogen-bond acceptors (Lipinski definition) is 6. The second-order valence-corrected chi connectivity index (χ2v) is 4.93. The van der Waals surface area contributed by atoms with Crippen molar-refractivity contribution in [3.05, 3.63) is 34.4 Å². The predicted molar refractivity (Wildman–Crippen MR) is 78.8 cm³/mol. The van der Waals surface area contributed by atoms with Crippen molar-refractivity contribution in [3.63, 3.8) is 0 Å². The van der Waals surface area contributed by atoms with Crippen LogP contribution in [0.15, 0.2) is 12.1 Å². The molecule has 0 spiro atoms. The first kappa shape index (κ1) is 18.0. The van der Waals surface area contributed by atoms with E-state index in [-0.39, 0.29) is 6.61 Å². The number of rotatable bonds is 5. The zero-order chi connectivity index (χ0) is 16.9. The monoisotopic (exact) mass is 328 g/mol. The van der Waals surface area contributed by atoms with E-state index in [4.69, 9.17) is 16.3 Å². The number of carbonyl (C=O) groups excluding carboxylic acids is 3. The smallest absolute Gasteiger partial charge is 0.407 e. The molecule has 22 heavy (non-hydrogen) atoms. The first-order chi connectivity index (χ1) is 10.3. The zero-order valence-corrected chi connectivity index (χ0v) is 13.5. The molecule has 0 aliphatic carbocycles. The van der Waals surface area contributed by atoms with E-state index in [0.717, 1.165) is 5.56 Å². The highest BCUT2D eigenvalue weighted by molar-refractivity contribution is 6.61. The number of halogens is 1. The Bertz CT molecular complexity index is 573. The summed E-state index contributed by atoms with van der Waals surface area (Å²) in [5, 5.41) is 0. The molecule has 1 rings (SSSR count). The van der Waals surface area contributed by atoms with Crippen LogP contribution in [0.5, 0.6) is 0 Å². The van der Waals surface area contributed by atoms with Crippen LogP contribution in [0.3, 0.4) is 0 Å². The Morgan fingerprint density at radius 3 is 2.09 bits per heavy atom. The van der Waals surface area contributed by atoms with Crippen LogP contribution in [0, 0.1) is 20.8 Å². The highest BCUT2D eigenvalue weighted by atomic mass is 35.5. The molecule has 0 amide bonds. The number of benzene rings is 1. The summed E-state index contributed by atoms with van der Waals surface area (Å²) in [7, 11) is 0. The van der Waals surface area contributed by atoms with Crippen LogP contribution in [0.2, 0.25) is 0 Å². The molecule has 7 heteroatoms. The number of esters is 2. The van der Waals surface area contributed by atoms with E-state index < -0.39 is 23.7 Å². The summed E-state index contributed by atoms with van der Waals surface area (Å²) < 4.78 is 14.1. The van der Waals surface area contributed by atoms with Crippen molar-refractivity contribution < 1.29 is 28.6 Å². The molecule has 6 nitrogen and oxygen atoms in total. The quantitative estimate of drug-likeness (QED) is 0.469. The normalized spacial score (nSPS) is 11.5. The molecule has 0 radical (unpaired) electrons. The Labute approximate surface area is 133 Å². The fourth-order valence-corrected chi connectivity index (χ4v) is 2.15. The Balaban J connectivity index is 3.00. The van der Waals surface area contributed by atoms with Gasteiger partial charge in [-0.1, -0.05) is 17.7 Å². The van der Waals surface area contributed by atoms with Gasteiger partial charge in [-0.3, -0.25) is 0 Å². The molecule has 0 aliphatic heterocycles. The summed E-state index contributed by atoms with van der Waals surface area (Å²) in [5.74, 6) is -1.81. The van der Waals surface area contributed by atoms with Crippen molar-refractivity contribution in [1.82, 2.24) is 0 Å². The molecule has 0 aromatic heterocycles. The van der Waals surface area contributed by atoms with E-state index >= 15 is 0 Å². The summed E-state index contributed by atoms with van der Waals surface area (Å²) in [5.41, 5.74) is 1.37. The summed E-state index contributed by atoms with van der Waals surface area (Å²) >= 11 is 5.07. The maximum Gasteiger partial charge on any atom is 0.407 e. The van der Waals surface area contributed by atoms with Gasteiger partial charge in [-0.15, -0.1) is 0 Å².